The Morgan fingerprint density at radius 2 is 1.15 bits per heavy atom. The van der Waals surface area contributed by atoms with Crippen LogP contribution in [0.3, 0.4) is 0 Å². The molecule has 0 bridgehead atoms. The zero-order chi connectivity index (χ0) is 27.5. The molecule has 200 valence electrons. The van der Waals surface area contributed by atoms with Crippen molar-refractivity contribution >= 4 is 69.6 Å². The number of ether oxygens (including phenoxy) is 1. The third kappa shape index (κ3) is 6.92. The van der Waals surface area contributed by atoms with Crippen LogP contribution >= 0.6 is 69.6 Å². The summed E-state index contributed by atoms with van der Waals surface area (Å²) in [5.74, 6) is 0.511. The van der Waals surface area contributed by atoms with Gasteiger partial charge in [0.2, 0.25) is 0 Å². The molecule has 5 rings (SSSR count). The molecule has 0 N–H and O–H groups in total. The van der Waals surface area contributed by atoms with Crippen molar-refractivity contribution in [2.75, 3.05) is 13.2 Å². The topological polar surface area (TPSA) is 15.7 Å². The minimum atomic E-state index is -0.442. The van der Waals surface area contributed by atoms with Crippen molar-refractivity contribution in [3.8, 4) is 5.75 Å². The minimum Gasteiger partial charge on any atom is -0.482 e. The molecule has 1 atom stereocenters. The van der Waals surface area contributed by atoms with Crippen molar-refractivity contribution in [2.24, 2.45) is 0 Å². The summed E-state index contributed by atoms with van der Waals surface area (Å²) in [6.07, 6.45) is 3.68. The summed E-state index contributed by atoms with van der Waals surface area (Å²) in [5.41, 5.74) is 3.01. The summed E-state index contributed by atoms with van der Waals surface area (Å²) in [6, 6.07) is 26.3. The highest BCUT2D eigenvalue weighted by atomic mass is 35.5. The number of benzene rings is 4. The first kappa shape index (κ1) is 28.3. The lowest BCUT2D eigenvalue weighted by Crippen LogP contribution is -2.33. The molecule has 1 heterocycles. The van der Waals surface area contributed by atoms with Crippen LogP contribution in [0.1, 0.15) is 28.8 Å². The second-order valence-corrected chi connectivity index (χ2v) is 11.6. The second kappa shape index (κ2) is 12.5. The summed E-state index contributed by atoms with van der Waals surface area (Å²) in [7, 11) is 0. The minimum absolute atomic E-state index is 0.0509. The number of hydrogen-bond donors (Lipinski definition) is 0. The van der Waals surface area contributed by atoms with E-state index in [-0.39, 0.29) is 6.04 Å². The van der Waals surface area contributed by atoms with Crippen molar-refractivity contribution in [1.82, 2.24) is 9.80 Å². The predicted molar refractivity (Wildman–Crippen MR) is 164 cm³/mol. The van der Waals surface area contributed by atoms with E-state index < -0.39 is 6.10 Å². The molecule has 0 saturated heterocycles. The lowest BCUT2D eigenvalue weighted by Gasteiger charge is -2.32. The smallest absolute Gasteiger partial charge is 0.143 e. The fourth-order valence-electron chi connectivity index (χ4n) is 4.53. The van der Waals surface area contributed by atoms with Gasteiger partial charge in [-0.15, -0.1) is 0 Å². The average Bonchev–Trinajstić information content (AvgIpc) is 3.35. The van der Waals surface area contributed by atoms with Crippen LogP contribution in [0.5, 0.6) is 5.75 Å². The Bertz CT molecular complexity index is 1430. The van der Waals surface area contributed by atoms with Gasteiger partial charge in [0.1, 0.15) is 11.9 Å². The normalized spacial score (nSPS) is 13.8. The quantitative estimate of drug-likeness (QED) is 0.191. The van der Waals surface area contributed by atoms with Crippen LogP contribution in [0.25, 0.3) is 0 Å². The van der Waals surface area contributed by atoms with E-state index in [0.29, 0.717) is 49.1 Å². The fraction of sp³-hybridized carbons (Fsp3) is 0.133. The van der Waals surface area contributed by atoms with E-state index in [2.05, 4.69) is 16.0 Å². The molecular formula is C30H22Cl6N2O. The maximum absolute atomic E-state index is 6.62. The Kier molecular flexibility index (Phi) is 9.08. The van der Waals surface area contributed by atoms with Crippen molar-refractivity contribution < 1.29 is 4.74 Å². The molecule has 0 saturated carbocycles. The van der Waals surface area contributed by atoms with Gasteiger partial charge in [-0.05, 0) is 65.7 Å². The summed E-state index contributed by atoms with van der Waals surface area (Å²) in [6.45, 7) is 1.11. The number of nitrogens with zero attached hydrogens (tertiary/aromatic N) is 2. The Morgan fingerprint density at radius 3 is 1.72 bits per heavy atom. The van der Waals surface area contributed by atoms with Gasteiger partial charge in [0.15, 0.2) is 0 Å². The fourth-order valence-corrected chi connectivity index (χ4v) is 5.77. The molecule has 1 aliphatic heterocycles. The number of rotatable bonds is 8. The molecule has 0 aliphatic carbocycles. The Hall–Kier alpha value is -2.24. The van der Waals surface area contributed by atoms with Gasteiger partial charge in [-0.1, -0.05) is 99.9 Å². The van der Waals surface area contributed by atoms with E-state index >= 15 is 0 Å². The average molecular weight is 639 g/mol. The van der Waals surface area contributed by atoms with Crippen molar-refractivity contribution in [3.05, 3.63) is 144 Å². The summed E-state index contributed by atoms with van der Waals surface area (Å²) < 4.78 is 6.42. The van der Waals surface area contributed by atoms with Gasteiger partial charge < -0.3 is 14.5 Å². The van der Waals surface area contributed by atoms with Crippen LogP contribution in [0, 0.1) is 0 Å². The maximum Gasteiger partial charge on any atom is 0.143 e. The van der Waals surface area contributed by atoms with Crippen LogP contribution in [0.4, 0.5) is 0 Å². The largest absolute Gasteiger partial charge is 0.482 e. The molecule has 39 heavy (non-hydrogen) atoms. The highest BCUT2D eigenvalue weighted by Crippen LogP contribution is 2.37. The van der Waals surface area contributed by atoms with E-state index in [0.717, 1.165) is 16.7 Å². The maximum atomic E-state index is 6.62. The van der Waals surface area contributed by atoms with E-state index in [1.54, 1.807) is 30.3 Å². The van der Waals surface area contributed by atoms with Crippen LogP contribution in [0.2, 0.25) is 30.1 Å². The molecule has 0 amide bonds. The summed E-state index contributed by atoms with van der Waals surface area (Å²) in [4.78, 5) is 4.42. The van der Waals surface area contributed by atoms with Gasteiger partial charge in [-0.2, -0.15) is 0 Å². The van der Waals surface area contributed by atoms with Gasteiger partial charge in [-0.3, -0.25) is 0 Å². The summed E-state index contributed by atoms with van der Waals surface area (Å²) in [5, 5.41) is 3.38. The zero-order valence-corrected chi connectivity index (χ0v) is 24.9. The highest BCUT2D eigenvalue weighted by molar-refractivity contribution is 6.36. The number of hydrogen-bond acceptors (Lipinski definition) is 3. The molecule has 0 radical (unpaired) electrons. The lowest BCUT2D eigenvalue weighted by molar-refractivity contribution is 0.139. The van der Waals surface area contributed by atoms with E-state index in [4.69, 9.17) is 74.3 Å². The molecule has 9 heteroatoms. The Balaban J connectivity index is 1.42. The molecule has 0 fully saturated rings. The highest BCUT2D eigenvalue weighted by Gasteiger charge is 2.28. The van der Waals surface area contributed by atoms with Crippen LogP contribution in [-0.2, 0) is 0 Å². The molecule has 1 unspecified atom stereocenters. The van der Waals surface area contributed by atoms with Gasteiger partial charge in [-0.25, -0.2) is 0 Å². The third-order valence-corrected chi connectivity index (χ3v) is 7.99. The van der Waals surface area contributed by atoms with Gasteiger partial charge in [0, 0.05) is 43.1 Å². The zero-order valence-electron chi connectivity index (χ0n) is 20.4. The standard InChI is InChI=1S/C30H22Cl6N2O/c31-21-5-1-19(2-6-21)30(20-3-7-22(32)8-4-20)38-14-13-37(18-38)17-29(25-11-9-23(33)15-26(25)35)39-28-12-10-24(34)16-27(28)36/h1-16,29-30H,17-18H2. The first-order valence-corrected chi connectivity index (χ1v) is 14.3. The lowest BCUT2D eigenvalue weighted by atomic mass is 9.97. The van der Waals surface area contributed by atoms with Gasteiger partial charge in [0.25, 0.3) is 0 Å². The van der Waals surface area contributed by atoms with Crippen LogP contribution in [0.15, 0.2) is 97.3 Å². The Labute approximate surface area is 258 Å². The molecule has 3 nitrogen and oxygen atoms in total. The number of halogens is 6. The predicted octanol–water partition coefficient (Wildman–Crippen LogP) is 10.6. The molecule has 0 aromatic heterocycles. The first-order chi connectivity index (χ1) is 18.8. The summed E-state index contributed by atoms with van der Waals surface area (Å²) >= 11 is 37.7. The van der Waals surface area contributed by atoms with Crippen molar-refractivity contribution in [2.45, 2.75) is 12.1 Å². The van der Waals surface area contributed by atoms with Gasteiger partial charge in [0.05, 0.1) is 24.3 Å². The van der Waals surface area contributed by atoms with E-state index in [1.807, 2.05) is 60.8 Å². The van der Waals surface area contributed by atoms with E-state index in [1.165, 1.54) is 0 Å². The Morgan fingerprint density at radius 1 is 0.615 bits per heavy atom. The molecule has 4 aromatic rings. The van der Waals surface area contributed by atoms with Crippen LogP contribution in [-0.4, -0.2) is 23.0 Å². The monoisotopic (exact) mass is 636 g/mol. The first-order valence-electron chi connectivity index (χ1n) is 12.0. The molecule has 1 aliphatic rings. The van der Waals surface area contributed by atoms with E-state index in [9.17, 15) is 0 Å². The SMILES string of the molecule is Clc1ccc(C(c2ccc(Cl)cc2)N2C=CN(CC(Oc3ccc(Cl)cc3Cl)c3ccc(Cl)cc3Cl)C2)cc1. The van der Waals surface area contributed by atoms with Crippen molar-refractivity contribution in [1.29, 1.82) is 0 Å². The molecule has 4 aromatic carbocycles. The van der Waals surface area contributed by atoms with Crippen molar-refractivity contribution in [3.63, 3.8) is 0 Å². The van der Waals surface area contributed by atoms with Gasteiger partial charge >= 0.3 is 0 Å². The van der Waals surface area contributed by atoms with Crippen LogP contribution < -0.4 is 4.74 Å². The third-order valence-electron chi connectivity index (χ3n) is 6.39. The second-order valence-electron chi connectivity index (χ2n) is 9.08. The molecule has 0 spiro atoms. The molecular weight excluding hydrogens is 617 g/mol.